The molecule has 2 heterocycles. The number of nitrogens with one attached hydrogen (secondary N) is 1. The first kappa shape index (κ1) is 15.9. The molecule has 128 valence electrons. The van der Waals surface area contributed by atoms with Crippen LogP contribution in [0.15, 0.2) is 66.9 Å². The van der Waals surface area contributed by atoms with Gasteiger partial charge in [0.15, 0.2) is 11.5 Å². The number of anilines is 1. The van der Waals surface area contributed by atoms with Crippen LogP contribution in [-0.2, 0) is 6.54 Å². The van der Waals surface area contributed by atoms with Gasteiger partial charge in [-0.1, -0.05) is 24.3 Å². The summed E-state index contributed by atoms with van der Waals surface area (Å²) in [6.07, 6.45) is 1.50. The predicted octanol–water partition coefficient (Wildman–Crippen LogP) is 3.27. The number of fused-ring (bicyclic) bond motifs is 1. The molecule has 0 aliphatic heterocycles. The minimum absolute atomic E-state index is 0.213. The molecule has 1 amide bonds. The van der Waals surface area contributed by atoms with Crippen molar-refractivity contribution in [2.24, 2.45) is 0 Å². The van der Waals surface area contributed by atoms with Gasteiger partial charge in [0, 0.05) is 11.6 Å². The molecular weight excluding hydrogens is 333 g/mol. The molecule has 4 rings (SSSR count). The highest BCUT2D eigenvalue weighted by atomic mass is 19.1. The zero-order valence-electron chi connectivity index (χ0n) is 13.6. The van der Waals surface area contributed by atoms with Gasteiger partial charge in [0.2, 0.25) is 0 Å². The second-order valence-corrected chi connectivity index (χ2v) is 5.71. The molecule has 0 aliphatic rings. The maximum atomic E-state index is 13.1. The van der Waals surface area contributed by atoms with E-state index >= 15 is 0 Å². The van der Waals surface area contributed by atoms with E-state index in [9.17, 15) is 9.18 Å². The lowest BCUT2D eigenvalue weighted by atomic mass is 10.2. The lowest BCUT2D eigenvalue weighted by Gasteiger charge is -2.03. The summed E-state index contributed by atoms with van der Waals surface area (Å²) in [7, 11) is 0. The van der Waals surface area contributed by atoms with E-state index in [1.54, 1.807) is 28.9 Å². The molecule has 6 nitrogen and oxygen atoms in total. The van der Waals surface area contributed by atoms with Crippen molar-refractivity contribution < 1.29 is 9.18 Å². The van der Waals surface area contributed by atoms with Crippen LogP contribution in [0.3, 0.4) is 0 Å². The lowest BCUT2D eigenvalue weighted by molar-refractivity contribution is 0.102. The van der Waals surface area contributed by atoms with Gasteiger partial charge in [-0.25, -0.2) is 4.39 Å². The minimum atomic E-state index is -0.379. The van der Waals surface area contributed by atoms with Gasteiger partial charge < -0.3 is 5.32 Å². The number of rotatable bonds is 4. The SMILES string of the molecule is O=C(Nc1nn(Cc2ccc(F)cc2)c2ccccc12)c1cccnn1. The van der Waals surface area contributed by atoms with Gasteiger partial charge in [-0.3, -0.25) is 9.48 Å². The van der Waals surface area contributed by atoms with E-state index < -0.39 is 0 Å². The number of para-hydroxylation sites is 1. The highest BCUT2D eigenvalue weighted by Gasteiger charge is 2.15. The molecule has 0 saturated carbocycles. The van der Waals surface area contributed by atoms with E-state index in [4.69, 9.17) is 0 Å². The number of hydrogen-bond acceptors (Lipinski definition) is 4. The van der Waals surface area contributed by atoms with E-state index in [-0.39, 0.29) is 17.4 Å². The number of aromatic nitrogens is 4. The smallest absolute Gasteiger partial charge is 0.277 e. The van der Waals surface area contributed by atoms with Crippen LogP contribution in [0.1, 0.15) is 16.1 Å². The first-order valence-electron chi connectivity index (χ1n) is 8.00. The maximum Gasteiger partial charge on any atom is 0.277 e. The molecule has 0 atom stereocenters. The molecule has 4 aromatic rings. The third kappa shape index (κ3) is 3.14. The average molecular weight is 347 g/mol. The summed E-state index contributed by atoms with van der Waals surface area (Å²) in [4.78, 5) is 12.4. The molecular formula is C19H14FN5O. The van der Waals surface area contributed by atoms with Gasteiger partial charge >= 0.3 is 0 Å². The van der Waals surface area contributed by atoms with Crippen molar-refractivity contribution >= 4 is 22.6 Å². The van der Waals surface area contributed by atoms with E-state index in [0.717, 1.165) is 16.5 Å². The number of nitrogens with zero attached hydrogens (tertiary/aromatic N) is 4. The van der Waals surface area contributed by atoms with Crippen LogP contribution >= 0.6 is 0 Å². The predicted molar refractivity (Wildman–Crippen MR) is 95.2 cm³/mol. The first-order chi connectivity index (χ1) is 12.7. The zero-order chi connectivity index (χ0) is 17.9. The first-order valence-corrected chi connectivity index (χ1v) is 8.00. The van der Waals surface area contributed by atoms with Crippen LogP contribution < -0.4 is 5.32 Å². The van der Waals surface area contributed by atoms with Crippen molar-refractivity contribution in [3.63, 3.8) is 0 Å². The Balaban J connectivity index is 1.67. The van der Waals surface area contributed by atoms with Crippen LogP contribution in [-0.4, -0.2) is 25.9 Å². The van der Waals surface area contributed by atoms with E-state index in [2.05, 4.69) is 20.6 Å². The highest BCUT2D eigenvalue weighted by molar-refractivity contribution is 6.06. The largest absolute Gasteiger partial charge is 0.303 e. The summed E-state index contributed by atoms with van der Waals surface area (Å²) < 4.78 is 14.9. The number of halogens is 1. The molecule has 7 heteroatoms. The van der Waals surface area contributed by atoms with Gasteiger partial charge in [0.05, 0.1) is 12.1 Å². The van der Waals surface area contributed by atoms with Crippen molar-refractivity contribution in [1.29, 1.82) is 0 Å². The van der Waals surface area contributed by atoms with Crippen LogP contribution in [0.2, 0.25) is 0 Å². The van der Waals surface area contributed by atoms with Gasteiger partial charge in [-0.2, -0.15) is 10.2 Å². The second-order valence-electron chi connectivity index (χ2n) is 5.71. The van der Waals surface area contributed by atoms with E-state index in [1.807, 2.05) is 24.3 Å². The average Bonchev–Trinajstić information content (AvgIpc) is 3.02. The summed E-state index contributed by atoms with van der Waals surface area (Å²) in [5.41, 5.74) is 1.99. The molecule has 2 aromatic carbocycles. The molecule has 1 N–H and O–H groups in total. The summed E-state index contributed by atoms with van der Waals surface area (Å²) in [6.45, 7) is 0.460. The normalized spacial score (nSPS) is 10.8. The molecule has 26 heavy (non-hydrogen) atoms. The zero-order valence-corrected chi connectivity index (χ0v) is 13.6. The fourth-order valence-corrected chi connectivity index (χ4v) is 2.70. The number of carbonyl (C=O) groups excluding carboxylic acids is 1. The third-order valence-electron chi connectivity index (χ3n) is 3.94. The summed E-state index contributed by atoms with van der Waals surface area (Å²) in [5, 5.41) is 15.6. The Kier molecular flexibility index (Phi) is 4.10. The Labute approximate surface area is 148 Å². The summed E-state index contributed by atoms with van der Waals surface area (Å²) >= 11 is 0. The Morgan fingerprint density at radius 2 is 1.85 bits per heavy atom. The summed E-state index contributed by atoms with van der Waals surface area (Å²) in [6, 6.07) is 17.1. The van der Waals surface area contributed by atoms with Crippen LogP contribution in [0.4, 0.5) is 10.2 Å². The Morgan fingerprint density at radius 1 is 1.04 bits per heavy atom. The fraction of sp³-hybridized carbons (Fsp3) is 0.0526. The third-order valence-corrected chi connectivity index (χ3v) is 3.94. The van der Waals surface area contributed by atoms with Gasteiger partial charge in [-0.05, 0) is 42.0 Å². The topological polar surface area (TPSA) is 72.7 Å². The molecule has 0 spiro atoms. The van der Waals surface area contributed by atoms with Crippen LogP contribution in [0, 0.1) is 5.82 Å². The van der Waals surface area contributed by atoms with E-state index in [1.165, 1.54) is 18.3 Å². The Bertz CT molecular complexity index is 1060. The van der Waals surface area contributed by atoms with Gasteiger partial charge in [0.25, 0.3) is 5.91 Å². The fourth-order valence-electron chi connectivity index (χ4n) is 2.70. The van der Waals surface area contributed by atoms with Crippen molar-refractivity contribution in [3.05, 3.63) is 83.9 Å². The molecule has 2 aromatic heterocycles. The van der Waals surface area contributed by atoms with Crippen molar-refractivity contribution in [2.45, 2.75) is 6.54 Å². The quantitative estimate of drug-likeness (QED) is 0.615. The second kappa shape index (κ2) is 6.72. The molecule has 0 bridgehead atoms. The van der Waals surface area contributed by atoms with Crippen molar-refractivity contribution in [3.8, 4) is 0 Å². The number of benzene rings is 2. The van der Waals surface area contributed by atoms with Crippen LogP contribution in [0.5, 0.6) is 0 Å². The summed E-state index contributed by atoms with van der Waals surface area (Å²) in [5.74, 6) is -0.218. The van der Waals surface area contributed by atoms with Crippen molar-refractivity contribution in [1.82, 2.24) is 20.0 Å². The molecule has 0 saturated heterocycles. The number of amides is 1. The lowest BCUT2D eigenvalue weighted by Crippen LogP contribution is -2.15. The van der Waals surface area contributed by atoms with E-state index in [0.29, 0.717) is 12.4 Å². The minimum Gasteiger partial charge on any atom is -0.303 e. The number of carbonyl (C=O) groups is 1. The van der Waals surface area contributed by atoms with Crippen LogP contribution in [0.25, 0.3) is 10.9 Å². The highest BCUT2D eigenvalue weighted by Crippen LogP contribution is 2.24. The monoisotopic (exact) mass is 347 g/mol. The molecule has 0 radical (unpaired) electrons. The Morgan fingerprint density at radius 3 is 2.62 bits per heavy atom. The Hall–Kier alpha value is -3.61. The molecule has 0 unspecified atom stereocenters. The standard InChI is InChI=1S/C19H14FN5O/c20-14-9-7-13(8-10-14)12-25-17-6-2-1-4-15(17)18(24-25)22-19(26)16-5-3-11-21-23-16/h1-11H,12H2,(H,22,24,26). The van der Waals surface area contributed by atoms with Crippen molar-refractivity contribution in [2.75, 3.05) is 5.32 Å². The molecule has 0 fully saturated rings. The molecule has 0 aliphatic carbocycles. The van der Waals surface area contributed by atoms with Gasteiger partial charge in [0.1, 0.15) is 5.82 Å². The van der Waals surface area contributed by atoms with Gasteiger partial charge in [-0.15, -0.1) is 5.10 Å². The maximum absolute atomic E-state index is 13.1. The number of hydrogen-bond donors (Lipinski definition) is 1.